The maximum Gasteiger partial charge on any atom is 0.222 e. The smallest absolute Gasteiger partial charge is 0.222 e. The Balaban J connectivity index is 1.90. The van der Waals surface area contributed by atoms with Crippen molar-refractivity contribution in [1.29, 1.82) is 0 Å². The molecular formula is C18H28N2O3. The van der Waals surface area contributed by atoms with Crippen molar-refractivity contribution in [2.45, 2.75) is 26.3 Å². The van der Waals surface area contributed by atoms with E-state index in [4.69, 9.17) is 9.47 Å². The number of hydrogen-bond acceptors (Lipinski definition) is 4. The van der Waals surface area contributed by atoms with Gasteiger partial charge in [0.25, 0.3) is 0 Å². The van der Waals surface area contributed by atoms with E-state index >= 15 is 0 Å². The summed E-state index contributed by atoms with van der Waals surface area (Å²) in [6.45, 7) is 7.95. The van der Waals surface area contributed by atoms with Crippen LogP contribution in [0.2, 0.25) is 0 Å². The molecule has 1 aliphatic rings. The third kappa shape index (κ3) is 5.52. The van der Waals surface area contributed by atoms with Gasteiger partial charge in [-0.2, -0.15) is 0 Å². The molecule has 1 fully saturated rings. The average molecular weight is 320 g/mol. The Bertz CT molecular complexity index is 487. The lowest BCUT2D eigenvalue weighted by molar-refractivity contribution is -0.131. The predicted molar refractivity (Wildman–Crippen MR) is 90.6 cm³/mol. The Morgan fingerprint density at radius 2 is 2.04 bits per heavy atom. The number of rotatable bonds is 8. The van der Waals surface area contributed by atoms with Crippen molar-refractivity contribution >= 4 is 5.91 Å². The fourth-order valence-electron chi connectivity index (χ4n) is 2.86. The summed E-state index contributed by atoms with van der Waals surface area (Å²) in [5.74, 6) is 1.03. The van der Waals surface area contributed by atoms with Gasteiger partial charge in [0.2, 0.25) is 5.91 Å². The molecule has 5 heteroatoms. The third-order valence-corrected chi connectivity index (χ3v) is 4.21. The second kappa shape index (κ2) is 9.53. The number of para-hydroxylation sites is 1. The van der Waals surface area contributed by atoms with E-state index < -0.39 is 0 Å². The number of benzene rings is 1. The summed E-state index contributed by atoms with van der Waals surface area (Å²) in [5.41, 5.74) is 1.06. The monoisotopic (exact) mass is 320 g/mol. The lowest BCUT2D eigenvalue weighted by atomic mass is 10.1. The van der Waals surface area contributed by atoms with Gasteiger partial charge in [-0.25, -0.2) is 0 Å². The molecule has 128 valence electrons. The molecule has 2 rings (SSSR count). The Hall–Kier alpha value is -1.59. The molecular weight excluding hydrogens is 292 g/mol. The molecule has 1 aliphatic heterocycles. The van der Waals surface area contributed by atoms with Gasteiger partial charge >= 0.3 is 0 Å². The van der Waals surface area contributed by atoms with Crippen LogP contribution < -0.4 is 4.74 Å². The summed E-state index contributed by atoms with van der Waals surface area (Å²) in [7, 11) is 1.67. The van der Waals surface area contributed by atoms with Gasteiger partial charge < -0.3 is 14.4 Å². The fraction of sp³-hybridized carbons (Fsp3) is 0.611. The number of nitrogens with zero attached hydrogens (tertiary/aromatic N) is 2. The van der Waals surface area contributed by atoms with E-state index in [2.05, 4.69) is 4.90 Å². The van der Waals surface area contributed by atoms with Crippen LogP contribution in [0, 0.1) is 0 Å². The Kier molecular flexibility index (Phi) is 7.36. The van der Waals surface area contributed by atoms with Crippen molar-refractivity contribution in [3.05, 3.63) is 29.8 Å². The van der Waals surface area contributed by atoms with Crippen LogP contribution in [0.4, 0.5) is 0 Å². The summed E-state index contributed by atoms with van der Waals surface area (Å²) in [5, 5.41) is 0. The van der Waals surface area contributed by atoms with Crippen LogP contribution in [0.5, 0.6) is 5.75 Å². The van der Waals surface area contributed by atoms with Gasteiger partial charge in [0.15, 0.2) is 0 Å². The van der Waals surface area contributed by atoms with E-state index in [9.17, 15) is 4.79 Å². The first-order valence-electron chi connectivity index (χ1n) is 8.44. The molecule has 1 aromatic carbocycles. The highest BCUT2D eigenvalue weighted by Crippen LogP contribution is 2.19. The molecule has 0 N–H and O–H groups in total. The molecule has 0 aliphatic carbocycles. The van der Waals surface area contributed by atoms with E-state index in [0.29, 0.717) is 13.0 Å². The lowest BCUT2D eigenvalue weighted by Gasteiger charge is -2.28. The van der Waals surface area contributed by atoms with Crippen LogP contribution in [0.3, 0.4) is 0 Å². The standard InChI is InChI=1S/C18H28N2O3/c1-3-18(21)20(10-6-9-19-11-13-23-14-12-19)15-16-7-4-5-8-17(16)22-2/h4-5,7-8H,3,6,9-15H2,1-2H3. The fourth-order valence-corrected chi connectivity index (χ4v) is 2.86. The Morgan fingerprint density at radius 3 is 2.74 bits per heavy atom. The second-order valence-electron chi connectivity index (χ2n) is 5.79. The van der Waals surface area contributed by atoms with Crippen LogP contribution in [-0.4, -0.2) is 62.2 Å². The van der Waals surface area contributed by atoms with E-state index in [1.807, 2.05) is 36.1 Å². The molecule has 23 heavy (non-hydrogen) atoms. The van der Waals surface area contributed by atoms with Crippen LogP contribution in [0.25, 0.3) is 0 Å². The van der Waals surface area contributed by atoms with Crippen LogP contribution in [-0.2, 0) is 16.1 Å². The molecule has 1 amide bonds. The number of amides is 1. The van der Waals surface area contributed by atoms with E-state index in [-0.39, 0.29) is 5.91 Å². The summed E-state index contributed by atoms with van der Waals surface area (Å²) >= 11 is 0. The van der Waals surface area contributed by atoms with Gasteiger partial charge in [-0.05, 0) is 12.5 Å². The zero-order valence-corrected chi connectivity index (χ0v) is 14.3. The molecule has 1 aromatic rings. The van der Waals surface area contributed by atoms with Gasteiger partial charge in [0.05, 0.1) is 20.3 Å². The molecule has 0 radical (unpaired) electrons. The number of morpholine rings is 1. The molecule has 0 bridgehead atoms. The minimum atomic E-state index is 0.192. The average Bonchev–Trinajstić information content (AvgIpc) is 2.61. The lowest BCUT2D eigenvalue weighted by Crippen LogP contribution is -2.39. The number of ether oxygens (including phenoxy) is 2. The largest absolute Gasteiger partial charge is 0.496 e. The van der Waals surface area contributed by atoms with Gasteiger partial charge in [0.1, 0.15) is 5.75 Å². The van der Waals surface area contributed by atoms with Crippen molar-refractivity contribution in [2.75, 3.05) is 46.5 Å². The second-order valence-corrected chi connectivity index (χ2v) is 5.79. The summed E-state index contributed by atoms with van der Waals surface area (Å²) in [6.07, 6.45) is 1.52. The molecule has 0 spiro atoms. The topological polar surface area (TPSA) is 42.0 Å². The molecule has 1 heterocycles. The van der Waals surface area contributed by atoms with Crippen LogP contribution in [0.15, 0.2) is 24.3 Å². The maximum atomic E-state index is 12.2. The van der Waals surface area contributed by atoms with Gasteiger partial charge in [-0.1, -0.05) is 25.1 Å². The van der Waals surface area contributed by atoms with E-state index in [1.54, 1.807) is 7.11 Å². The van der Waals surface area contributed by atoms with Crippen molar-refractivity contribution in [3.8, 4) is 5.75 Å². The first kappa shape index (κ1) is 17.8. The molecule has 0 unspecified atom stereocenters. The van der Waals surface area contributed by atoms with Gasteiger partial charge in [-0.15, -0.1) is 0 Å². The third-order valence-electron chi connectivity index (χ3n) is 4.21. The number of methoxy groups -OCH3 is 1. The minimum Gasteiger partial charge on any atom is -0.496 e. The van der Waals surface area contributed by atoms with Gasteiger partial charge in [-0.3, -0.25) is 9.69 Å². The van der Waals surface area contributed by atoms with Crippen LogP contribution in [0.1, 0.15) is 25.3 Å². The highest BCUT2D eigenvalue weighted by molar-refractivity contribution is 5.75. The zero-order chi connectivity index (χ0) is 16.5. The predicted octanol–water partition coefficient (Wildman–Crippen LogP) is 2.16. The summed E-state index contributed by atoms with van der Waals surface area (Å²) in [6, 6.07) is 7.90. The SMILES string of the molecule is CCC(=O)N(CCCN1CCOCC1)Cc1ccccc1OC. The quantitative estimate of drug-likeness (QED) is 0.736. The number of hydrogen-bond donors (Lipinski definition) is 0. The molecule has 1 saturated heterocycles. The van der Waals surface area contributed by atoms with Crippen molar-refractivity contribution in [1.82, 2.24) is 9.80 Å². The minimum absolute atomic E-state index is 0.192. The van der Waals surface area contributed by atoms with Crippen molar-refractivity contribution < 1.29 is 14.3 Å². The van der Waals surface area contributed by atoms with E-state index in [1.165, 1.54) is 0 Å². The first-order valence-corrected chi connectivity index (χ1v) is 8.44. The van der Waals surface area contributed by atoms with Crippen molar-refractivity contribution in [3.63, 3.8) is 0 Å². The first-order chi connectivity index (χ1) is 11.2. The normalized spacial score (nSPS) is 15.4. The highest BCUT2D eigenvalue weighted by atomic mass is 16.5. The molecule has 5 nitrogen and oxygen atoms in total. The summed E-state index contributed by atoms with van der Waals surface area (Å²) < 4.78 is 10.8. The number of carbonyl (C=O) groups excluding carboxylic acids is 1. The molecule has 0 aromatic heterocycles. The number of carbonyl (C=O) groups is 1. The molecule has 0 atom stereocenters. The summed E-state index contributed by atoms with van der Waals surface area (Å²) in [4.78, 5) is 16.6. The highest BCUT2D eigenvalue weighted by Gasteiger charge is 2.15. The Morgan fingerprint density at radius 1 is 1.30 bits per heavy atom. The van der Waals surface area contributed by atoms with E-state index in [0.717, 1.165) is 57.1 Å². The molecule has 0 saturated carbocycles. The maximum absolute atomic E-state index is 12.2. The van der Waals surface area contributed by atoms with Crippen LogP contribution >= 0.6 is 0 Å². The Labute approximate surface area is 139 Å². The van der Waals surface area contributed by atoms with Crippen molar-refractivity contribution in [2.24, 2.45) is 0 Å². The zero-order valence-electron chi connectivity index (χ0n) is 14.3. The van der Waals surface area contributed by atoms with Gasteiger partial charge in [0, 0.05) is 44.7 Å².